The van der Waals surface area contributed by atoms with E-state index in [2.05, 4.69) is 42.9 Å². The number of hydrogen-bond acceptors (Lipinski definition) is 6. The van der Waals surface area contributed by atoms with Crippen LogP contribution in [0.3, 0.4) is 0 Å². The average molecular weight is 412 g/mol. The van der Waals surface area contributed by atoms with Crippen LogP contribution in [0.4, 0.5) is 5.69 Å². The molecule has 2 saturated heterocycles. The molecule has 2 unspecified atom stereocenters. The molecule has 1 N–H and O–H groups in total. The fourth-order valence-electron chi connectivity index (χ4n) is 4.70. The van der Waals surface area contributed by atoms with Crippen LogP contribution in [-0.2, 0) is 9.59 Å². The number of imide groups is 2. The van der Waals surface area contributed by atoms with E-state index >= 15 is 0 Å². The normalized spacial score (nSPS) is 25.6. The standard InChI is InChI=1S/C22H28N4O4/c1-22(2,3)17-12-25(10-9-24(17)4)13-5-6-14-15(11-13)21(30)26(20(14)29)16-7-8-18(27)23-19(16)28/h5-6,11,16-17H,7-10,12H2,1-4H3,(H,23,27,28). The lowest BCUT2D eigenvalue weighted by atomic mass is 9.84. The number of hydrogen-bond donors (Lipinski definition) is 1. The van der Waals surface area contributed by atoms with E-state index < -0.39 is 23.8 Å². The SMILES string of the molecule is CN1CCN(c2ccc3c(c2)C(=O)N(C2CCC(=O)NC2=O)C3=O)CC1C(C)(C)C. The third-order valence-corrected chi connectivity index (χ3v) is 6.44. The molecule has 0 aromatic heterocycles. The fraction of sp³-hybridized carbons (Fsp3) is 0.545. The van der Waals surface area contributed by atoms with E-state index in [0.29, 0.717) is 17.2 Å². The van der Waals surface area contributed by atoms with Crippen LogP contribution in [0.2, 0.25) is 0 Å². The Bertz CT molecular complexity index is 936. The molecule has 2 atom stereocenters. The first-order chi connectivity index (χ1) is 14.1. The molecule has 4 amide bonds. The molecular weight excluding hydrogens is 384 g/mol. The number of likely N-dealkylation sites (N-methyl/N-ethyl adjacent to an activating group) is 1. The van der Waals surface area contributed by atoms with Crippen molar-refractivity contribution in [2.45, 2.75) is 45.7 Å². The zero-order valence-electron chi connectivity index (χ0n) is 17.9. The van der Waals surface area contributed by atoms with Crippen molar-refractivity contribution in [3.05, 3.63) is 29.3 Å². The Morgan fingerprint density at radius 2 is 1.70 bits per heavy atom. The van der Waals surface area contributed by atoms with Crippen LogP contribution in [0.25, 0.3) is 0 Å². The number of carbonyl (C=O) groups is 4. The zero-order valence-corrected chi connectivity index (χ0v) is 17.9. The minimum Gasteiger partial charge on any atom is -0.369 e. The molecular formula is C22H28N4O4. The third-order valence-electron chi connectivity index (χ3n) is 6.44. The number of nitrogens with one attached hydrogen (secondary N) is 1. The van der Waals surface area contributed by atoms with Crippen molar-refractivity contribution in [2.75, 3.05) is 31.6 Å². The molecule has 1 aromatic rings. The van der Waals surface area contributed by atoms with Crippen LogP contribution in [-0.4, -0.2) is 72.2 Å². The van der Waals surface area contributed by atoms with Gasteiger partial charge in [0.2, 0.25) is 11.8 Å². The van der Waals surface area contributed by atoms with Crippen LogP contribution in [0.1, 0.15) is 54.3 Å². The van der Waals surface area contributed by atoms with Crippen LogP contribution in [0.15, 0.2) is 18.2 Å². The van der Waals surface area contributed by atoms with Gasteiger partial charge in [0, 0.05) is 37.8 Å². The summed E-state index contributed by atoms with van der Waals surface area (Å²) in [6.45, 7) is 9.24. The van der Waals surface area contributed by atoms with Crippen molar-refractivity contribution >= 4 is 29.3 Å². The highest BCUT2D eigenvalue weighted by Crippen LogP contribution is 2.33. The Hall–Kier alpha value is -2.74. The van der Waals surface area contributed by atoms with Crippen LogP contribution in [0.5, 0.6) is 0 Å². The minimum absolute atomic E-state index is 0.110. The van der Waals surface area contributed by atoms with E-state index in [1.54, 1.807) is 12.1 Å². The molecule has 1 aromatic carbocycles. The molecule has 30 heavy (non-hydrogen) atoms. The number of nitrogens with zero attached hydrogens (tertiary/aromatic N) is 3. The maximum Gasteiger partial charge on any atom is 0.262 e. The first-order valence-electron chi connectivity index (χ1n) is 10.4. The summed E-state index contributed by atoms with van der Waals surface area (Å²) in [6.07, 6.45) is 0.277. The molecule has 3 aliphatic heterocycles. The lowest BCUT2D eigenvalue weighted by Crippen LogP contribution is -2.56. The second-order valence-corrected chi connectivity index (χ2v) is 9.49. The molecule has 0 aliphatic carbocycles. The Kier molecular flexibility index (Phi) is 4.92. The van der Waals surface area contributed by atoms with Gasteiger partial charge in [-0.2, -0.15) is 0 Å². The Labute approximate surface area is 176 Å². The number of rotatable bonds is 2. The van der Waals surface area contributed by atoms with Gasteiger partial charge in [-0.25, -0.2) is 0 Å². The summed E-state index contributed by atoms with van der Waals surface area (Å²) >= 11 is 0. The number of benzene rings is 1. The minimum atomic E-state index is -0.938. The van der Waals surface area contributed by atoms with Crippen molar-refractivity contribution in [3.63, 3.8) is 0 Å². The van der Waals surface area contributed by atoms with Gasteiger partial charge in [0.05, 0.1) is 11.1 Å². The number of piperidine rings is 1. The van der Waals surface area contributed by atoms with E-state index in [1.165, 1.54) is 0 Å². The molecule has 160 valence electrons. The summed E-state index contributed by atoms with van der Waals surface area (Å²) in [6, 6.07) is 4.75. The topological polar surface area (TPSA) is 90.0 Å². The molecule has 2 fully saturated rings. The largest absolute Gasteiger partial charge is 0.369 e. The highest BCUT2D eigenvalue weighted by molar-refractivity contribution is 6.23. The quantitative estimate of drug-likeness (QED) is 0.736. The van der Waals surface area contributed by atoms with Gasteiger partial charge in [-0.3, -0.25) is 34.3 Å². The van der Waals surface area contributed by atoms with Gasteiger partial charge in [0.15, 0.2) is 0 Å². The van der Waals surface area contributed by atoms with Gasteiger partial charge in [-0.05, 0) is 37.1 Å². The highest BCUT2D eigenvalue weighted by Gasteiger charge is 2.45. The molecule has 8 nitrogen and oxygen atoms in total. The van der Waals surface area contributed by atoms with Crippen LogP contribution in [0, 0.1) is 5.41 Å². The summed E-state index contributed by atoms with van der Waals surface area (Å²) < 4.78 is 0. The third kappa shape index (κ3) is 3.39. The van der Waals surface area contributed by atoms with Gasteiger partial charge in [-0.15, -0.1) is 0 Å². The molecule has 4 rings (SSSR count). The Morgan fingerprint density at radius 3 is 2.37 bits per heavy atom. The molecule has 0 bridgehead atoms. The summed E-state index contributed by atoms with van der Waals surface area (Å²) in [7, 11) is 2.13. The average Bonchev–Trinajstić information content (AvgIpc) is 2.92. The molecule has 0 spiro atoms. The van der Waals surface area contributed by atoms with E-state index in [9.17, 15) is 19.2 Å². The van der Waals surface area contributed by atoms with Crippen molar-refractivity contribution in [1.29, 1.82) is 0 Å². The smallest absolute Gasteiger partial charge is 0.262 e. The maximum atomic E-state index is 13.1. The van der Waals surface area contributed by atoms with E-state index in [-0.39, 0.29) is 24.2 Å². The van der Waals surface area contributed by atoms with Gasteiger partial charge in [0.25, 0.3) is 11.8 Å². The highest BCUT2D eigenvalue weighted by atomic mass is 16.2. The van der Waals surface area contributed by atoms with Crippen molar-refractivity contribution in [1.82, 2.24) is 15.1 Å². The first kappa shape index (κ1) is 20.5. The maximum absolute atomic E-state index is 13.1. The molecule has 8 heteroatoms. The van der Waals surface area contributed by atoms with E-state index in [1.807, 2.05) is 6.07 Å². The lowest BCUT2D eigenvalue weighted by molar-refractivity contribution is -0.136. The summed E-state index contributed by atoms with van der Waals surface area (Å²) in [5, 5.41) is 2.22. The number of anilines is 1. The Balaban J connectivity index is 1.59. The lowest BCUT2D eigenvalue weighted by Gasteiger charge is -2.46. The fourth-order valence-corrected chi connectivity index (χ4v) is 4.70. The number of piperazine rings is 1. The molecule has 3 heterocycles. The van der Waals surface area contributed by atoms with Gasteiger partial charge in [-0.1, -0.05) is 20.8 Å². The predicted octanol–water partition coefficient (Wildman–Crippen LogP) is 1.25. The summed E-state index contributed by atoms with van der Waals surface area (Å²) in [5.74, 6) is -1.90. The van der Waals surface area contributed by atoms with Crippen molar-refractivity contribution < 1.29 is 19.2 Å². The molecule has 0 saturated carbocycles. The van der Waals surface area contributed by atoms with Gasteiger partial charge < -0.3 is 4.90 Å². The van der Waals surface area contributed by atoms with E-state index in [0.717, 1.165) is 30.2 Å². The second kappa shape index (κ2) is 7.19. The van der Waals surface area contributed by atoms with Crippen LogP contribution >= 0.6 is 0 Å². The summed E-state index contributed by atoms with van der Waals surface area (Å²) in [4.78, 5) is 55.2. The monoisotopic (exact) mass is 412 g/mol. The molecule has 3 aliphatic rings. The predicted molar refractivity (Wildman–Crippen MR) is 111 cm³/mol. The van der Waals surface area contributed by atoms with Gasteiger partial charge >= 0.3 is 0 Å². The summed E-state index contributed by atoms with van der Waals surface area (Å²) in [5.41, 5.74) is 1.66. The number of fused-ring (bicyclic) bond motifs is 1. The van der Waals surface area contributed by atoms with Crippen LogP contribution < -0.4 is 10.2 Å². The zero-order chi connectivity index (χ0) is 21.8. The Morgan fingerprint density at radius 1 is 1.00 bits per heavy atom. The van der Waals surface area contributed by atoms with E-state index in [4.69, 9.17) is 0 Å². The number of carbonyl (C=O) groups excluding carboxylic acids is 4. The first-order valence-corrected chi connectivity index (χ1v) is 10.4. The molecule has 0 radical (unpaired) electrons. The van der Waals surface area contributed by atoms with Crippen molar-refractivity contribution in [2.24, 2.45) is 5.41 Å². The van der Waals surface area contributed by atoms with Crippen molar-refractivity contribution in [3.8, 4) is 0 Å². The second-order valence-electron chi connectivity index (χ2n) is 9.49. The van der Waals surface area contributed by atoms with Gasteiger partial charge in [0.1, 0.15) is 6.04 Å². The number of amides is 4.